The fraction of sp³-hybridized carbons (Fsp3) is 0.174. The largest absolute Gasteiger partial charge is 0.455 e. The van der Waals surface area contributed by atoms with Crippen molar-refractivity contribution in [1.82, 2.24) is 10.3 Å². The number of amides is 1. The number of nitrogens with zero attached hydrogens (tertiary/aromatic N) is 2. The summed E-state index contributed by atoms with van der Waals surface area (Å²) in [5.41, 5.74) is 3.45. The molecule has 1 saturated heterocycles. The Kier molecular flexibility index (Phi) is 5.88. The second-order valence-electron chi connectivity index (χ2n) is 6.58. The number of carbonyl (C=O) groups is 1. The van der Waals surface area contributed by atoms with E-state index in [0.717, 1.165) is 24.0 Å². The van der Waals surface area contributed by atoms with Crippen molar-refractivity contribution in [2.75, 3.05) is 18.0 Å². The van der Waals surface area contributed by atoms with E-state index in [1.165, 1.54) is 17.4 Å². The summed E-state index contributed by atoms with van der Waals surface area (Å²) in [5, 5.41) is 3.43. The fourth-order valence-electron chi connectivity index (χ4n) is 3.18. The van der Waals surface area contributed by atoms with Crippen molar-refractivity contribution in [1.29, 1.82) is 0 Å². The minimum absolute atomic E-state index is 0.211. The highest BCUT2D eigenvalue weighted by atomic mass is 32.2. The van der Waals surface area contributed by atoms with E-state index in [1.54, 1.807) is 18.5 Å². The molecule has 3 aromatic rings. The molecule has 1 aliphatic rings. The standard InChI is InChI=1S/C23H19N3O2S2/c1-3-26(4-2)18-9-6-15(7-10-18)5-8-16-13-24-14-17-11-19(28-21(16)17)12-20-22(27)25-23(29)30-20/h6-7,9-14H,3-4H2,1-2H3,(H,25,27,29)/b20-12+. The molecular weight excluding hydrogens is 414 g/mol. The SMILES string of the molecule is CCN(CC)c1ccc(C#Cc2cncc3cc(/C=C4/SC(=S)NC4=O)oc23)cc1. The number of anilines is 1. The Morgan fingerprint density at radius 2 is 1.97 bits per heavy atom. The van der Waals surface area contributed by atoms with Crippen LogP contribution in [0.25, 0.3) is 17.0 Å². The lowest BCUT2D eigenvalue weighted by molar-refractivity contribution is -0.115. The number of rotatable bonds is 4. The number of benzene rings is 1. The van der Waals surface area contributed by atoms with Gasteiger partial charge in [0.25, 0.3) is 5.91 Å². The minimum Gasteiger partial charge on any atom is -0.455 e. The van der Waals surface area contributed by atoms with Crippen molar-refractivity contribution < 1.29 is 9.21 Å². The number of carbonyl (C=O) groups excluding carboxylic acids is 1. The van der Waals surface area contributed by atoms with Crippen molar-refractivity contribution in [2.24, 2.45) is 0 Å². The highest BCUT2D eigenvalue weighted by Gasteiger charge is 2.22. The van der Waals surface area contributed by atoms with Crippen LogP contribution in [0.3, 0.4) is 0 Å². The first kappa shape index (κ1) is 20.2. The molecule has 0 radical (unpaired) electrons. The van der Waals surface area contributed by atoms with Crippen LogP contribution in [0.2, 0.25) is 0 Å². The Morgan fingerprint density at radius 3 is 2.63 bits per heavy atom. The summed E-state index contributed by atoms with van der Waals surface area (Å²) >= 11 is 6.24. The van der Waals surface area contributed by atoms with E-state index < -0.39 is 0 Å². The Bertz CT molecular complexity index is 1210. The summed E-state index contributed by atoms with van der Waals surface area (Å²) in [4.78, 5) is 18.9. The molecule has 2 aromatic heterocycles. The van der Waals surface area contributed by atoms with Gasteiger partial charge in [0.2, 0.25) is 0 Å². The molecule has 5 nitrogen and oxygen atoms in total. The third kappa shape index (κ3) is 4.25. The maximum Gasteiger partial charge on any atom is 0.263 e. The van der Waals surface area contributed by atoms with Crippen molar-refractivity contribution in [3.63, 3.8) is 0 Å². The second-order valence-corrected chi connectivity index (χ2v) is 8.29. The number of thiocarbonyl (C=S) groups is 1. The Balaban J connectivity index is 1.62. The first-order valence-corrected chi connectivity index (χ1v) is 10.8. The van der Waals surface area contributed by atoms with Gasteiger partial charge in [0.05, 0.1) is 10.5 Å². The van der Waals surface area contributed by atoms with Crippen LogP contribution >= 0.6 is 24.0 Å². The number of hydrogen-bond donors (Lipinski definition) is 1. The number of pyridine rings is 1. The molecule has 30 heavy (non-hydrogen) atoms. The molecule has 1 fully saturated rings. The third-order valence-electron chi connectivity index (χ3n) is 4.69. The minimum atomic E-state index is -0.211. The van der Waals surface area contributed by atoms with Gasteiger partial charge in [0.15, 0.2) is 5.58 Å². The van der Waals surface area contributed by atoms with Gasteiger partial charge >= 0.3 is 0 Å². The molecule has 0 unspecified atom stereocenters. The molecule has 1 aliphatic heterocycles. The number of thioether (sulfide) groups is 1. The summed E-state index contributed by atoms with van der Waals surface area (Å²) < 4.78 is 6.40. The summed E-state index contributed by atoms with van der Waals surface area (Å²) in [6, 6.07) is 10.0. The number of furan rings is 1. The van der Waals surface area contributed by atoms with E-state index in [1.807, 2.05) is 18.2 Å². The Labute approximate surface area is 184 Å². The zero-order valence-electron chi connectivity index (χ0n) is 16.6. The third-order valence-corrected chi connectivity index (χ3v) is 5.86. The molecule has 150 valence electrons. The van der Waals surface area contributed by atoms with Gasteiger partial charge in [-0.1, -0.05) is 35.8 Å². The molecule has 0 spiro atoms. The fourth-order valence-corrected chi connectivity index (χ4v) is 4.20. The summed E-state index contributed by atoms with van der Waals surface area (Å²) in [6.07, 6.45) is 5.09. The van der Waals surface area contributed by atoms with Gasteiger partial charge in [-0.05, 0) is 44.2 Å². The van der Waals surface area contributed by atoms with Crippen LogP contribution in [0.15, 0.2) is 52.0 Å². The van der Waals surface area contributed by atoms with Crippen LogP contribution in [0.4, 0.5) is 5.69 Å². The molecule has 0 atom stereocenters. The predicted octanol–water partition coefficient (Wildman–Crippen LogP) is 4.56. The van der Waals surface area contributed by atoms with E-state index >= 15 is 0 Å². The normalized spacial score (nSPS) is 14.7. The van der Waals surface area contributed by atoms with Crippen molar-refractivity contribution in [2.45, 2.75) is 13.8 Å². The molecule has 0 aliphatic carbocycles. The monoisotopic (exact) mass is 433 g/mol. The van der Waals surface area contributed by atoms with Gasteiger partial charge in [0, 0.05) is 48.2 Å². The quantitative estimate of drug-likeness (QED) is 0.370. The average molecular weight is 434 g/mol. The topological polar surface area (TPSA) is 58.4 Å². The Hall–Kier alpha value is -3.08. The van der Waals surface area contributed by atoms with Crippen LogP contribution in [0, 0.1) is 11.8 Å². The van der Waals surface area contributed by atoms with Gasteiger partial charge in [-0.15, -0.1) is 0 Å². The molecule has 0 bridgehead atoms. The predicted molar refractivity (Wildman–Crippen MR) is 126 cm³/mol. The molecule has 0 saturated carbocycles. The highest BCUT2D eigenvalue weighted by molar-refractivity contribution is 8.26. The van der Waals surface area contributed by atoms with Crippen LogP contribution in [0.1, 0.15) is 30.7 Å². The Morgan fingerprint density at radius 1 is 1.20 bits per heavy atom. The maximum absolute atomic E-state index is 11.9. The molecule has 4 rings (SSSR count). The maximum atomic E-state index is 11.9. The van der Waals surface area contributed by atoms with Crippen molar-refractivity contribution >= 4 is 56.9 Å². The van der Waals surface area contributed by atoms with E-state index in [4.69, 9.17) is 16.6 Å². The summed E-state index contributed by atoms with van der Waals surface area (Å²) in [5.74, 6) is 6.69. The molecular formula is C23H19N3O2S2. The highest BCUT2D eigenvalue weighted by Crippen LogP contribution is 2.29. The first-order chi connectivity index (χ1) is 14.6. The summed E-state index contributed by atoms with van der Waals surface area (Å²) in [7, 11) is 0. The zero-order valence-corrected chi connectivity index (χ0v) is 18.2. The van der Waals surface area contributed by atoms with Crippen LogP contribution in [0.5, 0.6) is 0 Å². The lowest BCUT2D eigenvalue weighted by Crippen LogP contribution is -2.21. The first-order valence-electron chi connectivity index (χ1n) is 9.56. The molecule has 1 N–H and O–H groups in total. The average Bonchev–Trinajstić information content (AvgIpc) is 3.30. The number of nitrogens with one attached hydrogen (secondary N) is 1. The molecule has 1 amide bonds. The van der Waals surface area contributed by atoms with Crippen LogP contribution < -0.4 is 10.2 Å². The number of aromatic nitrogens is 1. The lowest BCUT2D eigenvalue weighted by Gasteiger charge is -2.20. The van der Waals surface area contributed by atoms with Crippen LogP contribution in [-0.2, 0) is 4.79 Å². The number of hydrogen-bond acceptors (Lipinski definition) is 6. The lowest BCUT2D eigenvalue weighted by atomic mass is 10.1. The summed E-state index contributed by atoms with van der Waals surface area (Å²) in [6.45, 7) is 6.23. The molecule has 1 aromatic carbocycles. The van der Waals surface area contributed by atoms with Crippen molar-refractivity contribution in [3.05, 3.63) is 64.5 Å². The smallest absolute Gasteiger partial charge is 0.263 e. The van der Waals surface area contributed by atoms with E-state index in [0.29, 0.717) is 26.1 Å². The van der Waals surface area contributed by atoms with Gasteiger partial charge in [0.1, 0.15) is 10.1 Å². The van der Waals surface area contributed by atoms with Crippen molar-refractivity contribution in [3.8, 4) is 11.8 Å². The van der Waals surface area contributed by atoms with Gasteiger partial charge in [-0.25, -0.2) is 0 Å². The number of fused-ring (bicyclic) bond motifs is 1. The van der Waals surface area contributed by atoms with E-state index in [9.17, 15) is 4.79 Å². The van der Waals surface area contributed by atoms with Gasteiger partial charge in [-0.2, -0.15) is 0 Å². The van der Waals surface area contributed by atoms with E-state index in [-0.39, 0.29) is 5.91 Å². The van der Waals surface area contributed by atoms with Crippen LogP contribution in [-0.4, -0.2) is 28.3 Å². The molecule has 3 heterocycles. The molecule has 7 heteroatoms. The van der Waals surface area contributed by atoms with Gasteiger partial charge < -0.3 is 14.6 Å². The van der Waals surface area contributed by atoms with E-state index in [2.05, 4.69) is 53.0 Å². The van der Waals surface area contributed by atoms with Gasteiger partial charge in [-0.3, -0.25) is 9.78 Å². The zero-order chi connectivity index (χ0) is 21.1. The second kappa shape index (κ2) is 8.74.